The largest absolute Gasteiger partial charge is 0.486 e. The Labute approximate surface area is 132 Å². The number of hydrogen-bond donors (Lipinski definition) is 1. The van der Waals surface area contributed by atoms with Gasteiger partial charge in [-0.2, -0.15) is 0 Å². The molecule has 0 spiro atoms. The van der Waals surface area contributed by atoms with Crippen LogP contribution in [0.4, 0.5) is 0 Å². The van der Waals surface area contributed by atoms with E-state index in [9.17, 15) is 0 Å². The molecule has 0 saturated carbocycles. The third kappa shape index (κ3) is 3.60. The molecule has 1 aliphatic rings. The predicted octanol–water partition coefficient (Wildman–Crippen LogP) is 3.13. The van der Waals surface area contributed by atoms with Crippen molar-refractivity contribution in [1.29, 1.82) is 0 Å². The molecule has 1 unspecified atom stereocenters. The Bertz CT molecular complexity index is 622. The fourth-order valence-electron chi connectivity index (χ4n) is 2.80. The van der Waals surface area contributed by atoms with E-state index in [0.29, 0.717) is 13.2 Å². The summed E-state index contributed by atoms with van der Waals surface area (Å²) in [5, 5.41) is 0. The van der Waals surface area contributed by atoms with Crippen LogP contribution in [0.2, 0.25) is 0 Å². The molecule has 116 valence electrons. The fourth-order valence-corrected chi connectivity index (χ4v) is 2.80. The van der Waals surface area contributed by atoms with Crippen molar-refractivity contribution in [2.24, 2.45) is 5.73 Å². The first-order chi connectivity index (χ1) is 10.7. The Morgan fingerprint density at radius 3 is 2.18 bits per heavy atom. The van der Waals surface area contributed by atoms with Crippen LogP contribution in [-0.2, 0) is 19.3 Å². The summed E-state index contributed by atoms with van der Waals surface area (Å²) in [7, 11) is 0. The molecule has 2 aromatic carbocycles. The van der Waals surface area contributed by atoms with Crippen molar-refractivity contribution in [2.45, 2.75) is 32.2 Å². The second-order valence-electron chi connectivity index (χ2n) is 5.82. The Morgan fingerprint density at radius 1 is 0.864 bits per heavy atom. The van der Waals surface area contributed by atoms with Crippen molar-refractivity contribution in [3.63, 3.8) is 0 Å². The minimum Gasteiger partial charge on any atom is -0.486 e. The standard InChI is InChI=1S/C19H23NO2/c1-2-14-3-5-15(6-4-14)11-17(20)12-16-7-8-18-19(13-16)22-10-9-21-18/h3-8,13,17H,2,9-12,20H2,1H3. The van der Waals surface area contributed by atoms with Crippen LogP contribution in [0, 0.1) is 0 Å². The van der Waals surface area contributed by atoms with Gasteiger partial charge in [-0.25, -0.2) is 0 Å². The summed E-state index contributed by atoms with van der Waals surface area (Å²) in [5.74, 6) is 1.67. The van der Waals surface area contributed by atoms with Crippen LogP contribution in [-0.4, -0.2) is 19.3 Å². The van der Waals surface area contributed by atoms with Gasteiger partial charge in [-0.05, 0) is 48.1 Å². The first-order valence-corrected chi connectivity index (χ1v) is 7.96. The quantitative estimate of drug-likeness (QED) is 0.922. The van der Waals surface area contributed by atoms with Crippen LogP contribution in [0.3, 0.4) is 0 Å². The summed E-state index contributed by atoms with van der Waals surface area (Å²) in [6, 6.07) is 15.0. The van der Waals surface area contributed by atoms with Gasteiger partial charge in [0.05, 0.1) is 0 Å². The molecule has 1 heterocycles. The maximum absolute atomic E-state index is 6.31. The van der Waals surface area contributed by atoms with Gasteiger partial charge in [-0.15, -0.1) is 0 Å². The van der Waals surface area contributed by atoms with Crippen molar-refractivity contribution in [3.05, 3.63) is 59.2 Å². The molecule has 3 nitrogen and oxygen atoms in total. The Balaban J connectivity index is 1.62. The van der Waals surface area contributed by atoms with Crippen LogP contribution in [0.25, 0.3) is 0 Å². The average Bonchev–Trinajstić information content (AvgIpc) is 2.55. The molecule has 3 rings (SSSR count). The second kappa shape index (κ2) is 6.84. The van der Waals surface area contributed by atoms with Gasteiger partial charge >= 0.3 is 0 Å². The molecule has 2 aromatic rings. The smallest absolute Gasteiger partial charge is 0.161 e. The first kappa shape index (κ1) is 14.9. The van der Waals surface area contributed by atoms with Crippen LogP contribution in [0.1, 0.15) is 23.6 Å². The van der Waals surface area contributed by atoms with Gasteiger partial charge in [0.15, 0.2) is 11.5 Å². The monoisotopic (exact) mass is 297 g/mol. The van der Waals surface area contributed by atoms with Crippen molar-refractivity contribution in [2.75, 3.05) is 13.2 Å². The number of fused-ring (bicyclic) bond motifs is 1. The van der Waals surface area contributed by atoms with E-state index in [-0.39, 0.29) is 6.04 Å². The Hall–Kier alpha value is -2.00. The average molecular weight is 297 g/mol. The highest BCUT2D eigenvalue weighted by Gasteiger charge is 2.13. The van der Waals surface area contributed by atoms with Gasteiger partial charge in [0.1, 0.15) is 13.2 Å². The summed E-state index contributed by atoms with van der Waals surface area (Å²) in [6.07, 6.45) is 2.80. The second-order valence-corrected chi connectivity index (χ2v) is 5.82. The lowest BCUT2D eigenvalue weighted by molar-refractivity contribution is 0.171. The van der Waals surface area contributed by atoms with Crippen molar-refractivity contribution in [3.8, 4) is 11.5 Å². The minimum absolute atomic E-state index is 0.107. The molecule has 1 atom stereocenters. The topological polar surface area (TPSA) is 44.5 Å². The fraction of sp³-hybridized carbons (Fsp3) is 0.368. The van der Waals surface area contributed by atoms with E-state index in [4.69, 9.17) is 15.2 Å². The van der Waals surface area contributed by atoms with Gasteiger partial charge < -0.3 is 15.2 Å². The highest BCUT2D eigenvalue weighted by molar-refractivity contribution is 5.44. The first-order valence-electron chi connectivity index (χ1n) is 7.96. The van der Waals surface area contributed by atoms with E-state index in [1.807, 2.05) is 6.07 Å². The van der Waals surface area contributed by atoms with Gasteiger partial charge in [0.25, 0.3) is 0 Å². The molecule has 3 heteroatoms. The van der Waals surface area contributed by atoms with E-state index < -0.39 is 0 Å². The minimum atomic E-state index is 0.107. The maximum Gasteiger partial charge on any atom is 0.161 e. The zero-order valence-corrected chi connectivity index (χ0v) is 13.0. The molecule has 0 amide bonds. The number of nitrogens with two attached hydrogens (primary N) is 1. The summed E-state index contributed by atoms with van der Waals surface area (Å²) in [6.45, 7) is 3.41. The molecule has 2 N–H and O–H groups in total. The van der Waals surface area contributed by atoms with Crippen LogP contribution >= 0.6 is 0 Å². The Morgan fingerprint density at radius 2 is 1.45 bits per heavy atom. The van der Waals surface area contributed by atoms with Gasteiger partial charge in [-0.3, -0.25) is 0 Å². The highest BCUT2D eigenvalue weighted by atomic mass is 16.6. The number of rotatable bonds is 5. The molecule has 0 aliphatic carbocycles. The molecular formula is C19H23NO2. The number of hydrogen-bond acceptors (Lipinski definition) is 3. The van der Waals surface area contributed by atoms with Crippen LogP contribution in [0.5, 0.6) is 11.5 Å². The normalized spacial score (nSPS) is 14.6. The lowest BCUT2D eigenvalue weighted by Gasteiger charge is -2.19. The van der Waals surface area contributed by atoms with Crippen LogP contribution < -0.4 is 15.2 Å². The zero-order valence-electron chi connectivity index (χ0n) is 13.0. The molecule has 22 heavy (non-hydrogen) atoms. The van der Waals surface area contributed by atoms with Crippen LogP contribution in [0.15, 0.2) is 42.5 Å². The third-order valence-corrected chi connectivity index (χ3v) is 4.03. The number of aryl methyl sites for hydroxylation is 1. The van der Waals surface area contributed by atoms with E-state index in [2.05, 4.69) is 43.3 Å². The summed E-state index contributed by atoms with van der Waals surface area (Å²) >= 11 is 0. The number of benzene rings is 2. The van der Waals surface area contributed by atoms with E-state index in [1.54, 1.807) is 0 Å². The molecule has 0 saturated heterocycles. The molecule has 0 fully saturated rings. The molecular weight excluding hydrogens is 274 g/mol. The van der Waals surface area contributed by atoms with E-state index in [0.717, 1.165) is 30.8 Å². The predicted molar refractivity (Wildman–Crippen MR) is 88.6 cm³/mol. The van der Waals surface area contributed by atoms with Crippen molar-refractivity contribution >= 4 is 0 Å². The summed E-state index contributed by atoms with van der Waals surface area (Å²) in [4.78, 5) is 0. The SMILES string of the molecule is CCc1ccc(CC(N)Cc2ccc3c(c2)OCCO3)cc1. The lowest BCUT2D eigenvalue weighted by atomic mass is 9.98. The lowest BCUT2D eigenvalue weighted by Crippen LogP contribution is -2.25. The van der Waals surface area contributed by atoms with Gasteiger partial charge in [0, 0.05) is 6.04 Å². The summed E-state index contributed by atoms with van der Waals surface area (Å²) in [5.41, 5.74) is 10.2. The number of ether oxygens (including phenoxy) is 2. The third-order valence-electron chi connectivity index (χ3n) is 4.03. The van der Waals surface area contributed by atoms with Gasteiger partial charge in [-0.1, -0.05) is 37.3 Å². The molecule has 1 aliphatic heterocycles. The van der Waals surface area contributed by atoms with E-state index in [1.165, 1.54) is 16.7 Å². The Kier molecular flexibility index (Phi) is 4.64. The highest BCUT2D eigenvalue weighted by Crippen LogP contribution is 2.31. The van der Waals surface area contributed by atoms with E-state index >= 15 is 0 Å². The van der Waals surface area contributed by atoms with Crippen molar-refractivity contribution < 1.29 is 9.47 Å². The maximum atomic E-state index is 6.31. The summed E-state index contributed by atoms with van der Waals surface area (Å²) < 4.78 is 11.2. The van der Waals surface area contributed by atoms with Gasteiger partial charge in [0.2, 0.25) is 0 Å². The zero-order chi connectivity index (χ0) is 15.4. The molecule has 0 aromatic heterocycles. The molecule has 0 bridgehead atoms. The molecule has 0 radical (unpaired) electrons. The van der Waals surface area contributed by atoms with Crippen molar-refractivity contribution in [1.82, 2.24) is 0 Å².